The van der Waals surface area contributed by atoms with Gasteiger partial charge in [0.2, 0.25) is 0 Å². The summed E-state index contributed by atoms with van der Waals surface area (Å²) in [5.74, 6) is 2.09. The van der Waals surface area contributed by atoms with E-state index in [2.05, 4.69) is 28.4 Å². The van der Waals surface area contributed by atoms with Crippen molar-refractivity contribution in [2.75, 3.05) is 13.1 Å². The highest BCUT2D eigenvalue weighted by Crippen LogP contribution is 2.20. The second-order valence-electron chi connectivity index (χ2n) is 4.61. The van der Waals surface area contributed by atoms with E-state index in [0.29, 0.717) is 0 Å². The van der Waals surface area contributed by atoms with E-state index in [9.17, 15) is 0 Å². The number of piperidine rings is 1. The van der Waals surface area contributed by atoms with Crippen molar-refractivity contribution < 1.29 is 0 Å². The van der Waals surface area contributed by atoms with Crippen molar-refractivity contribution >= 4 is 0 Å². The summed E-state index contributed by atoms with van der Waals surface area (Å²) in [5, 5.41) is 0. The van der Waals surface area contributed by atoms with Gasteiger partial charge in [-0.25, -0.2) is 4.98 Å². The van der Waals surface area contributed by atoms with Crippen molar-refractivity contribution in [2.45, 2.75) is 32.7 Å². The number of nitrogens with zero attached hydrogens (tertiary/aromatic N) is 3. The number of likely N-dealkylation sites (tertiary alicyclic amines) is 1. The lowest BCUT2D eigenvalue weighted by Gasteiger charge is -2.31. The molecule has 3 nitrogen and oxygen atoms in total. The van der Waals surface area contributed by atoms with Crippen LogP contribution >= 0.6 is 0 Å². The standard InChI is InChI=1S/C12H21N3/c1-3-11-5-4-7-15(9-11)10-12-13-6-8-14(12)2/h6,8,11H,3-5,7,9-10H2,1-2H3/t11-/m1/s1. The van der Waals surface area contributed by atoms with Gasteiger partial charge in [-0.3, -0.25) is 4.90 Å². The van der Waals surface area contributed by atoms with E-state index in [0.717, 1.165) is 12.5 Å². The van der Waals surface area contributed by atoms with Crippen LogP contribution in [-0.2, 0) is 13.6 Å². The highest BCUT2D eigenvalue weighted by Gasteiger charge is 2.19. The lowest BCUT2D eigenvalue weighted by Crippen LogP contribution is -2.35. The van der Waals surface area contributed by atoms with E-state index in [-0.39, 0.29) is 0 Å². The summed E-state index contributed by atoms with van der Waals surface area (Å²) in [7, 11) is 2.07. The molecule has 0 amide bonds. The van der Waals surface area contributed by atoms with Crippen LogP contribution in [0.15, 0.2) is 12.4 Å². The van der Waals surface area contributed by atoms with Gasteiger partial charge in [0, 0.05) is 26.0 Å². The Morgan fingerprint density at radius 1 is 1.53 bits per heavy atom. The molecule has 0 spiro atoms. The Balaban J connectivity index is 1.92. The van der Waals surface area contributed by atoms with Gasteiger partial charge in [-0.15, -0.1) is 0 Å². The van der Waals surface area contributed by atoms with E-state index >= 15 is 0 Å². The van der Waals surface area contributed by atoms with Gasteiger partial charge >= 0.3 is 0 Å². The predicted octanol–water partition coefficient (Wildman–Crippen LogP) is 2.04. The molecule has 3 heteroatoms. The quantitative estimate of drug-likeness (QED) is 0.756. The van der Waals surface area contributed by atoms with Gasteiger partial charge in [-0.05, 0) is 25.3 Å². The van der Waals surface area contributed by atoms with E-state index in [4.69, 9.17) is 0 Å². The molecule has 0 radical (unpaired) electrons. The Morgan fingerprint density at radius 2 is 2.40 bits per heavy atom. The fraction of sp³-hybridized carbons (Fsp3) is 0.750. The van der Waals surface area contributed by atoms with Crippen LogP contribution in [0.5, 0.6) is 0 Å². The lowest BCUT2D eigenvalue weighted by atomic mass is 9.96. The van der Waals surface area contributed by atoms with E-state index in [1.165, 1.54) is 38.2 Å². The summed E-state index contributed by atoms with van der Waals surface area (Å²) >= 11 is 0. The third kappa shape index (κ3) is 2.59. The van der Waals surface area contributed by atoms with Gasteiger partial charge in [0.05, 0.1) is 6.54 Å². The van der Waals surface area contributed by atoms with Crippen molar-refractivity contribution in [3.63, 3.8) is 0 Å². The monoisotopic (exact) mass is 207 g/mol. The Hall–Kier alpha value is -0.830. The molecule has 1 aromatic heterocycles. The zero-order valence-corrected chi connectivity index (χ0v) is 9.82. The second-order valence-corrected chi connectivity index (χ2v) is 4.61. The number of imidazole rings is 1. The minimum Gasteiger partial charge on any atom is -0.337 e. The maximum atomic E-state index is 4.38. The fourth-order valence-electron chi connectivity index (χ4n) is 2.38. The smallest absolute Gasteiger partial charge is 0.122 e. The molecule has 0 saturated carbocycles. The number of aryl methyl sites for hydroxylation is 1. The molecule has 1 fully saturated rings. The van der Waals surface area contributed by atoms with Crippen LogP contribution in [0.4, 0.5) is 0 Å². The van der Waals surface area contributed by atoms with Gasteiger partial charge in [0.25, 0.3) is 0 Å². The molecule has 0 bridgehead atoms. The zero-order valence-electron chi connectivity index (χ0n) is 9.82. The highest BCUT2D eigenvalue weighted by molar-refractivity contribution is 4.91. The highest BCUT2D eigenvalue weighted by atomic mass is 15.2. The first-order valence-corrected chi connectivity index (χ1v) is 5.98. The van der Waals surface area contributed by atoms with Crippen LogP contribution in [0.1, 0.15) is 32.0 Å². The van der Waals surface area contributed by atoms with Crippen LogP contribution < -0.4 is 0 Å². The molecule has 0 N–H and O–H groups in total. The largest absolute Gasteiger partial charge is 0.337 e. The molecular formula is C12H21N3. The number of rotatable bonds is 3. The van der Waals surface area contributed by atoms with E-state index in [1.54, 1.807) is 0 Å². The van der Waals surface area contributed by atoms with Crippen molar-refractivity contribution in [2.24, 2.45) is 13.0 Å². The lowest BCUT2D eigenvalue weighted by molar-refractivity contribution is 0.160. The molecule has 0 aliphatic carbocycles. The number of hydrogen-bond acceptors (Lipinski definition) is 2. The molecule has 1 saturated heterocycles. The van der Waals surface area contributed by atoms with Crippen LogP contribution in [-0.4, -0.2) is 27.5 Å². The maximum absolute atomic E-state index is 4.38. The first-order valence-electron chi connectivity index (χ1n) is 5.98. The summed E-state index contributed by atoms with van der Waals surface area (Å²) < 4.78 is 2.12. The molecule has 1 aliphatic heterocycles. The van der Waals surface area contributed by atoms with Gasteiger partial charge in [-0.1, -0.05) is 13.3 Å². The van der Waals surface area contributed by atoms with Crippen molar-refractivity contribution in [1.29, 1.82) is 0 Å². The van der Waals surface area contributed by atoms with Crippen molar-refractivity contribution in [3.8, 4) is 0 Å². The van der Waals surface area contributed by atoms with Gasteiger partial charge in [0.1, 0.15) is 5.82 Å². The fourth-order valence-corrected chi connectivity index (χ4v) is 2.38. The SMILES string of the molecule is CC[C@@H]1CCCN(Cc2nccn2C)C1. The third-order valence-corrected chi connectivity index (χ3v) is 3.47. The number of hydrogen-bond donors (Lipinski definition) is 0. The van der Waals surface area contributed by atoms with E-state index in [1.807, 2.05) is 12.4 Å². The first-order chi connectivity index (χ1) is 7.29. The van der Waals surface area contributed by atoms with Gasteiger partial charge in [0.15, 0.2) is 0 Å². The first kappa shape index (κ1) is 10.7. The van der Waals surface area contributed by atoms with Crippen LogP contribution in [0.25, 0.3) is 0 Å². The second kappa shape index (κ2) is 4.79. The third-order valence-electron chi connectivity index (χ3n) is 3.47. The van der Waals surface area contributed by atoms with Gasteiger partial charge in [-0.2, -0.15) is 0 Å². The van der Waals surface area contributed by atoms with Crippen LogP contribution in [0, 0.1) is 5.92 Å². The average Bonchev–Trinajstić information content (AvgIpc) is 2.65. The zero-order chi connectivity index (χ0) is 10.7. The minimum atomic E-state index is 0.902. The number of aromatic nitrogens is 2. The Labute approximate surface area is 92.1 Å². The topological polar surface area (TPSA) is 21.1 Å². The molecule has 84 valence electrons. The minimum absolute atomic E-state index is 0.902. The summed E-state index contributed by atoms with van der Waals surface area (Å²) in [4.78, 5) is 6.92. The van der Waals surface area contributed by atoms with Crippen molar-refractivity contribution in [3.05, 3.63) is 18.2 Å². The van der Waals surface area contributed by atoms with E-state index < -0.39 is 0 Å². The summed E-state index contributed by atoms with van der Waals surface area (Å²) in [6.07, 6.45) is 7.99. The molecule has 15 heavy (non-hydrogen) atoms. The Kier molecular flexibility index (Phi) is 3.41. The predicted molar refractivity (Wildman–Crippen MR) is 61.5 cm³/mol. The summed E-state index contributed by atoms with van der Waals surface area (Å²) in [6, 6.07) is 0. The molecule has 2 rings (SSSR count). The molecule has 0 aromatic carbocycles. The molecule has 2 heterocycles. The maximum Gasteiger partial charge on any atom is 0.122 e. The summed E-state index contributed by atoms with van der Waals surface area (Å²) in [6.45, 7) is 5.81. The van der Waals surface area contributed by atoms with Crippen LogP contribution in [0.2, 0.25) is 0 Å². The van der Waals surface area contributed by atoms with Crippen molar-refractivity contribution in [1.82, 2.24) is 14.5 Å². The molecular weight excluding hydrogens is 186 g/mol. The molecule has 1 atom stereocenters. The molecule has 1 aliphatic rings. The Bertz CT molecular complexity index is 306. The molecule has 0 unspecified atom stereocenters. The summed E-state index contributed by atoms with van der Waals surface area (Å²) in [5.41, 5.74) is 0. The average molecular weight is 207 g/mol. The Morgan fingerprint density at radius 3 is 3.07 bits per heavy atom. The normalized spacial score (nSPS) is 23.2. The van der Waals surface area contributed by atoms with Gasteiger partial charge < -0.3 is 4.57 Å². The van der Waals surface area contributed by atoms with Crippen LogP contribution in [0.3, 0.4) is 0 Å². The molecule has 1 aromatic rings.